The van der Waals surface area contributed by atoms with Crippen molar-refractivity contribution in [1.82, 2.24) is 4.31 Å². The number of carbonyl (C=O) groups is 1. The Morgan fingerprint density at radius 3 is 2.29 bits per heavy atom. The molecule has 160 valence electrons. The van der Waals surface area contributed by atoms with Gasteiger partial charge in [0.25, 0.3) is 5.91 Å². The van der Waals surface area contributed by atoms with Crippen molar-refractivity contribution in [2.75, 3.05) is 19.0 Å². The van der Waals surface area contributed by atoms with E-state index in [-0.39, 0.29) is 23.9 Å². The van der Waals surface area contributed by atoms with Crippen molar-refractivity contribution in [2.24, 2.45) is 0 Å². The lowest BCUT2D eigenvalue weighted by Gasteiger charge is -2.21. The molecule has 0 unspecified atom stereocenters. The highest BCUT2D eigenvalue weighted by molar-refractivity contribution is 7.89. The Balaban J connectivity index is 1.75. The van der Waals surface area contributed by atoms with Gasteiger partial charge in [0, 0.05) is 18.7 Å². The van der Waals surface area contributed by atoms with Gasteiger partial charge in [-0.15, -0.1) is 6.58 Å². The third-order valence-electron chi connectivity index (χ3n) is 4.64. The fourth-order valence-electron chi connectivity index (χ4n) is 3.04. The smallest absolute Gasteiger partial charge is 0.255 e. The Labute approximate surface area is 182 Å². The molecule has 0 fully saturated rings. The van der Waals surface area contributed by atoms with Gasteiger partial charge in [-0.05, 0) is 42.0 Å². The van der Waals surface area contributed by atoms with E-state index in [2.05, 4.69) is 11.9 Å². The quantitative estimate of drug-likeness (QED) is 0.507. The number of carbonyl (C=O) groups excluding carboxylic acids is 1. The molecule has 0 saturated carbocycles. The van der Waals surface area contributed by atoms with Crippen molar-refractivity contribution in [3.63, 3.8) is 0 Å². The minimum absolute atomic E-state index is 0.164. The number of hydrogen-bond donors (Lipinski definition) is 1. The van der Waals surface area contributed by atoms with E-state index in [0.717, 1.165) is 5.56 Å². The summed E-state index contributed by atoms with van der Waals surface area (Å²) < 4.78 is 32.5. The van der Waals surface area contributed by atoms with Gasteiger partial charge in [0.1, 0.15) is 5.75 Å². The number of nitrogens with zero attached hydrogens (tertiary/aromatic N) is 1. The van der Waals surface area contributed by atoms with Gasteiger partial charge in [-0.3, -0.25) is 4.79 Å². The molecule has 1 N–H and O–H groups in total. The van der Waals surface area contributed by atoms with Crippen molar-refractivity contribution in [3.8, 4) is 5.75 Å². The molecule has 1 amide bonds. The van der Waals surface area contributed by atoms with Gasteiger partial charge < -0.3 is 10.1 Å². The summed E-state index contributed by atoms with van der Waals surface area (Å²) in [5.74, 6) is 0.287. The first-order chi connectivity index (χ1) is 15.0. The lowest BCUT2D eigenvalue weighted by atomic mass is 10.1. The number of sulfonamides is 1. The van der Waals surface area contributed by atoms with Crippen molar-refractivity contribution in [3.05, 3.63) is 103 Å². The van der Waals surface area contributed by atoms with Crippen LogP contribution in [0, 0.1) is 0 Å². The maximum atomic E-state index is 13.0. The third-order valence-corrected chi connectivity index (χ3v) is 6.47. The Morgan fingerprint density at radius 1 is 1.00 bits per heavy atom. The molecule has 0 atom stereocenters. The molecule has 7 heteroatoms. The molecule has 0 aliphatic rings. The molecule has 0 bridgehead atoms. The molecule has 0 spiro atoms. The summed E-state index contributed by atoms with van der Waals surface area (Å²) in [5.41, 5.74) is 1.79. The minimum atomic E-state index is -3.67. The van der Waals surface area contributed by atoms with Crippen LogP contribution in [0.25, 0.3) is 0 Å². The van der Waals surface area contributed by atoms with Crippen LogP contribution in [0.2, 0.25) is 0 Å². The van der Waals surface area contributed by atoms with E-state index < -0.39 is 10.0 Å². The number of amides is 1. The Bertz CT molecular complexity index is 1140. The molecule has 3 aromatic rings. The van der Waals surface area contributed by atoms with Crippen molar-refractivity contribution in [2.45, 2.75) is 11.4 Å². The number of methoxy groups -OCH3 is 1. The summed E-state index contributed by atoms with van der Waals surface area (Å²) in [6, 6.07) is 22.3. The van der Waals surface area contributed by atoms with Crippen LogP contribution in [0.3, 0.4) is 0 Å². The summed E-state index contributed by atoms with van der Waals surface area (Å²) in [6.45, 7) is 4.01. The van der Waals surface area contributed by atoms with E-state index in [1.54, 1.807) is 72.8 Å². The van der Waals surface area contributed by atoms with Gasteiger partial charge in [0.05, 0.1) is 17.7 Å². The van der Waals surface area contributed by atoms with Crippen LogP contribution < -0.4 is 10.1 Å². The predicted molar refractivity (Wildman–Crippen MR) is 122 cm³/mol. The number of para-hydroxylation sites is 2. The minimum Gasteiger partial charge on any atom is -0.495 e. The highest BCUT2D eigenvalue weighted by atomic mass is 32.2. The van der Waals surface area contributed by atoms with E-state index in [9.17, 15) is 13.2 Å². The highest BCUT2D eigenvalue weighted by Gasteiger charge is 2.23. The van der Waals surface area contributed by atoms with Gasteiger partial charge in [0.15, 0.2) is 0 Å². The number of benzene rings is 3. The fourth-order valence-corrected chi connectivity index (χ4v) is 4.46. The average Bonchev–Trinajstić information content (AvgIpc) is 2.80. The Kier molecular flexibility index (Phi) is 7.23. The number of nitrogens with one attached hydrogen (secondary N) is 1. The van der Waals surface area contributed by atoms with Gasteiger partial charge in [-0.25, -0.2) is 8.42 Å². The highest BCUT2D eigenvalue weighted by Crippen LogP contribution is 2.24. The summed E-state index contributed by atoms with van der Waals surface area (Å²) in [4.78, 5) is 12.8. The predicted octanol–water partition coefficient (Wildman–Crippen LogP) is 4.32. The first-order valence-corrected chi connectivity index (χ1v) is 11.1. The number of rotatable bonds is 9. The molecule has 0 aliphatic heterocycles. The summed E-state index contributed by atoms with van der Waals surface area (Å²) in [7, 11) is -2.13. The largest absolute Gasteiger partial charge is 0.495 e. The maximum absolute atomic E-state index is 13.0. The van der Waals surface area contributed by atoms with Crippen LogP contribution in [-0.4, -0.2) is 32.3 Å². The monoisotopic (exact) mass is 436 g/mol. The van der Waals surface area contributed by atoms with Crippen LogP contribution in [0.1, 0.15) is 15.9 Å². The van der Waals surface area contributed by atoms with Gasteiger partial charge in [-0.2, -0.15) is 4.31 Å². The number of hydrogen-bond acceptors (Lipinski definition) is 4. The second-order valence-electron chi connectivity index (χ2n) is 6.75. The van der Waals surface area contributed by atoms with E-state index >= 15 is 0 Å². The van der Waals surface area contributed by atoms with Crippen LogP contribution in [0.4, 0.5) is 5.69 Å². The standard InChI is InChI=1S/C24H24N2O4S/c1-3-17-26(31(28,29)21-9-5-4-6-10-21)18-19-13-15-20(16-14-19)24(27)25-22-11-7-8-12-23(22)30-2/h3-16H,1,17-18H2,2H3,(H,25,27). The molecule has 3 rings (SSSR count). The molecule has 6 nitrogen and oxygen atoms in total. The fraction of sp³-hybridized carbons (Fsp3) is 0.125. The maximum Gasteiger partial charge on any atom is 0.255 e. The SMILES string of the molecule is C=CCN(Cc1ccc(C(=O)Nc2ccccc2OC)cc1)S(=O)(=O)c1ccccc1. The molecular weight excluding hydrogens is 412 g/mol. The van der Waals surface area contributed by atoms with E-state index in [4.69, 9.17) is 4.74 Å². The summed E-state index contributed by atoms with van der Waals surface area (Å²) in [6.07, 6.45) is 1.55. The molecule has 0 radical (unpaired) electrons. The molecule has 0 heterocycles. The molecule has 31 heavy (non-hydrogen) atoms. The lowest BCUT2D eigenvalue weighted by Crippen LogP contribution is -2.30. The molecular formula is C24H24N2O4S. The zero-order valence-electron chi connectivity index (χ0n) is 17.2. The van der Waals surface area contributed by atoms with E-state index in [0.29, 0.717) is 17.0 Å². The first kappa shape index (κ1) is 22.3. The summed E-state index contributed by atoms with van der Waals surface area (Å²) in [5, 5.41) is 2.82. The van der Waals surface area contributed by atoms with E-state index in [1.165, 1.54) is 11.4 Å². The van der Waals surface area contributed by atoms with E-state index in [1.807, 2.05) is 12.1 Å². The summed E-state index contributed by atoms with van der Waals surface area (Å²) >= 11 is 0. The van der Waals surface area contributed by atoms with Gasteiger partial charge in [0.2, 0.25) is 10.0 Å². The third kappa shape index (κ3) is 5.39. The van der Waals surface area contributed by atoms with Crippen LogP contribution >= 0.6 is 0 Å². The molecule has 3 aromatic carbocycles. The zero-order chi connectivity index (χ0) is 22.3. The second kappa shape index (κ2) is 10.1. The van der Waals surface area contributed by atoms with Crippen LogP contribution in [0.5, 0.6) is 5.75 Å². The van der Waals surface area contributed by atoms with Gasteiger partial charge in [-0.1, -0.05) is 48.5 Å². The van der Waals surface area contributed by atoms with Crippen molar-refractivity contribution >= 4 is 21.6 Å². The Morgan fingerprint density at radius 2 is 1.65 bits per heavy atom. The second-order valence-corrected chi connectivity index (χ2v) is 8.69. The first-order valence-electron chi connectivity index (χ1n) is 9.65. The van der Waals surface area contributed by atoms with Crippen LogP contribution in [0.15, 0.2) is 96.4 Å². The van der Waals surface area contributed by atoms with Crippen molar-refractivity contribution < 1.29 is 17.9 Å². The Hall–Kier alpha value is -3.42. The normalized spacial score (nSPS) is 11.2. The van der Waals surface area contributed by atoms with Crippen LogP contribution in [-0.2, 0) is 16.6 Å². The lowest BCUT2D eigenvalue weighted by molar-refractivity contribution is 0.102. The van der Waals surface area contributed by atoms with Gasteiger partial charge >= 0.3 is 0 Å². The molecule has 0 aromatic heterocycles. The molecule has 0 aliphatic carbocycles. The average molecular weight is 437 g/mol. The van der Waals surface area contributed by atoms with Crippen molar-refractivity contribution in [1.29, 1.82) is 0 Å². The number of anilines is 1. The number of ether oxygens (including phenoxy) is 1. The molecule has 0 saturated heterocycles. The topological polar surface area (TPSA) is 75.7 Å². The zero-order valence-corrected chi connectivity index (χ0v) is 18.0.